The molecule has 7 heteroatoms. The molecule has 0 aliphatic carbocycles. The largest absolute Gasteiger partial charge is 0.457 e. The van der Waals surface area contributed by atoms with Crippen molar-refractivity contribution < 1.29 is 19.4 Å². The lowest BCUT2D eigenvalue weighted by Crippen LogP contribution is -2.46. The van der Waals surface area contributed by atoms with Gasteiger partial charge in [0.05, 0.1) is 0 Å². The standard InChI is InChI=1S/C28H27N3O4/c1-28(2,34)15-13-19-9-10-20-11-12-23(27(33)31(3)25(20)17-19)30-26(32)24-18-22(14-16-29-24)35-21-7-5-4-6-8-21/h4-10,14,16-18,23,34H,11-12H2,1-3H3,(H,30,32)/t23-/m0/s1. The molecule has 1 atom stereocenters. The van der Waals surface area contributed by atoms with Crippen molar-refractivity contribution in [1.29, 1.82) is 0 Å². The fourth-order valence-corrected chi connectivity index (χ4v) is 3.76. The number of hydrogen-bond acceptors (Lipinski definition) is 5. The summed E-state index contributed by atoms with van der Waals surface area (Å²) in [7, 11) is 1.69. The van der Waals surface area contributed by atoms with E-state index < -0.39 is 17.6 Å². The molecule has 2 aromatic carbocycles. The molecule has 1 aromatic heterocycles. The van der Waals surface area contributed by atoms with Crippen molar-refractivity contribution in [3.05, 3.63) is 83.7 Å². The zero-order chi connectivity index (χ0) is 25.0. The van der Waals surface area contributed by atoms with Crippen molar-refractivity contribution in [3.8, 4) is 23.3 Å². The fraction of sp³-hybridized carbons (Fsp3) is 0.250. The highest BCUT2D eigenvalue weighted by atomic mass is 16.5. The molecular formula is C28H27N3O4. The van der Waals surface area contributed by atoms with Crippen LogP contribution in [0.15, 0.2) is 66.9 Å². The molecule has 4 rings (SSSR count). The highest BCUT2D eigenvalue weighted by Gasteiger charge is 2.30. The number of ether oxygens (including phenoxy) is 1. The third-order valence-corrected chi connectivity index (χ3v) is 5.54. The number of para-hydroxylation sites is 1. The Morgan fingerprint density at radius 3 is 2.66 bits per heavy atom. The average Bonchev–Trinajstić information content (AvgIpc) is 2.95. The van der Waals surface area contributed by atoms with Crippen molar-refractivity contribution in [2.45, 2.75) is 38.3 Å². The maximum Gasteiger partial charge on any atom is 0.270 e. The van der Waals surface area contributed by atoms with E-state index in [0.717, 1.165) is 11.3 Å². The van der Waals surface area contributed by atoms with Gasteiger partial charge in [0.2, 0.25) is 5.91 Å². The summed E-state index contributed by atoms with van der Waals surface area (Å²) >= 11 is 0. The predicted molar refractivity (Wildman–Crippen MR) is 133 cm³/mol. The van der Waals surface area contributed by atoms with Crippen molar-refractivity contribution >= 4 is 17.5 Å². The van der Waals surface area contributed by atoms with Crippen LogP contribution in [0.1, 0.15) is 41.9 Å². The quantitative estimate of drug-likeness (QED) is 0.569. The van der Waals surface area contributed by atoms with Gasteiger partial charge in [-0.05, 0) is 62.6 Å². The minimum absolute atomic E-state index is 0.167. The van der Waals surface area contributed by atoms with E-state index in [2.05, 4.69) is 22.1 Å². The Balaban J connectivity index is 1.48. The van der Waals surface area contributed by atoms with Gasteiger partial charge in [0.15, 0.2) is 0 Å². The first-order chi connectivity index (χ1) is 16.7. The highest BCUT2D eigenvalue weighted by Crippen LogP contribution is 2.28. The number of aryl methyl sites for hydroxylation is 1. The first-order valence-electron chi connectivity index (χ1n) is 11.4. The minimum atomic E-state index is -1.11. The monoisotopic (exact) mass is 469 g/mol. The van der Waals surface area contributed by atoms with Crippen LogP contribution in [0.3, 0.4) is 0 Å². The van der Waals surface area contributed by atoms with Crippen LogP contribution in [-0.4, -0.2) is 40.6 Å². The number of aliphatic hydroxyl groups is 1. The molecule has 0 bridgehead atoms. The maximum absolute atomic E-state index is 13.2. The van der Waals surface area contributed by atoms with Gasteiger partial charge in [-0.2, -0.15) is 0 Å². The van der Waals surface area contributed by atoms with E-state index in [-0.39, 0.29) is 11.6 Å². The number of rotatable bonds is 4. The molecule has 2 heterocycles. The molecule has 2 amide bonds. The summed E-state index contributed by atoms with van der Waals surface area (Å²) in [5, 5.41) is 12.7. The van der Waals surface area contributed by atoms with Crippen LogP contribution in [0.25, 0.3) is 0 Å². The first kappa shape index (κ1) is 24.0. The van der Waals surface area contributed by atoms with Gasteiger partial charge in [-0.15, -0.1) is 0 Å². The van der Waals surface area contributed by atoms with Crippen LogP contribution in [0, 0.1) is 11.8 Å². The van der Waals surface area contributed by atoms with E-state index in [0.29, 0.717) is 29.9 Å². The number of pyridine rings is 1. The Morgan fingerprint density at radius 1 is 1.14 bits per heavy atom. The normalized spacial score (nSPS) is 15.4. The van der Waals surface area contributed by atoms with E-state index in [1.54, 1.807) is 37.9 Å². The molecule has 1 aliphatic heterocycles. The fourth-order valence-electron chi connectivity index (χ4n) is 3.76. The van der Waals surface area contributed by atoms with Crippen LogP contribution in [0.4, 0.5) is 5.69 Å². The molecule has 35 heavy (non-hydrogen) atoms. The van der Waals surface area contributed by atoms with Crippen molar-refractivity contribution in [2.75, 3.05) is 11.9 Å². The number of hydrogen-bond donors (Lipinski definition) is 2. The van der Waals surface area contributed by atoms with Crippen molar-refractivity contribution in [2.24, 2.45) is 0 Å². The second-order valence-electron chi connectivity index (χ2n) is 8.91. The minimum Gasteiger partial charge on any atom is -0.457 e. The summed E-state index contributed by atoms with van der Waals surface area (Å²) in [6.07, 6.45) is 2.57. The Kier molecular flexibility index (Phi) is 6.85. The van der Waals surface area contributed by atoms with Gasteiger partial charge < -0.3 is 20.1 Å². The Morgan fingerprint density at radius 2 is 1.91 bits per heavy atom. The number of amides is 2. The van der Waals surface area contributed by atoms with Crippen LogP contribution in [0.2, 0.25) is 0 Å². The number of carbonyl (C=O) groups excluding carboxylic acids is 2. The third-order valence-electron chi connectivity index (χ3n) is 5.54. The van der Waals surface area contributed by atoms with E-state index >= 15 is 0 Å². The van der Waals surface area contributed by atoms with Gasteiger partial charge in [-0.1, -0.05) is 36.1 Å². The molecule has 0 radical (unpaired) electrons. The number of nitrogens with zero attached hydrogens (tertiary/aromatic N) is 2. The number of benzene rings is 2. The van der Waals surface area contributed by atoms with Crippen molar-refractivity contribution in [1.82, 2.24) is 10.3 Å². The van der Waals surface area contributed by atoms with Gasteiger partial charge >= 0.3 is 0 Å². The molecule has 0 unspecified atom stereocenters. The van der Waals surface area contributed by atoms with E-state index in [1.807, 2.05) is 48.5 Å². The summed E-state index contributed by atoms with van der Waals surface area (Å²) in [4.78, 5) is 31.8. The molecule has 0 spiro atoms. The number of aromatic nitrogens is 1. The van der Waals surface area contributed by atoms with Gasteiger partial charge in [-0.3, -0.25) is 14.6 Å². The van der Waals surface area contributed by atoms with Crippen LogP contribution >= 0.6 is 0 Å². The molecule has 2 N–H and O–H groups in total. The number of fused-ring (bicyclic) bond motifs is 1. The molecule has 3 aromatic rings. The predicted octanol–water partition coefficient (Wildman–Crippen LogP) is 3.70. The number of nitrogens with one attached hydrogen (secondary N) is 1. The van der Waals surface area contributed by atoms with Gasteiger partial charge in [-0.25, -0.2) is 0 Å². The third kappa shape index (κ3) is 6.05. The molecule has 7 nitrogen and oxygen atoms in total. The lowest BCUT2D eigenvalue weighted by Gasteiger charge is -2.22. The number of carbonyl (C=O) groups is 2. The van der Waals surface area contributed by atoms with E-state index in [1.165, 1.54) is 6.20 Å². The lowest BCUT2D eigenvalue weighted by molar-refractivity contribution is -0.120. The number of anilines is 1. The second-order valence-corrected chi connectivity index (χ2v) is 8.91. The van der Waals surface area contributed by atoms with E-state index in [9.17, 15) is 14.7 Å². The Bertz CT molecular complexity index is 1300. The van der Waals surface area contributed by atoms with Gasteiger partial charge in [0.25, 0.3) is 5.91 Å². The SMILES string of the molecule is CN1C(=O)[C@@H](NC(=O)c2cc(Oc3ccccc3)ccn2)CCc2ccc(C#CC(C)(C)O)cc21. The first-order valence-corrected chi connectivity index (χ1v) is 11.4. The zero-order valence-electron chi connectivity index (χ0n) is 19.9. The highest BCUT2D eigenvalue weighted by molar-refractivity contribution is 6.02. The second kappa shape index (κ2) is 10.00. The summed E-state index contributed by atoms with van der Waals surface area (Å²) in [6.45, 7) is 3.23. The summed E-state index contributed by atoms with van der Waals surface area (Å²) in [5.41, 5.74) is 1.49. The van der Waals surface area contributed by atoms with Gasteiger partial charge in [0, 0.05) is 30.6 Å². The molecule has 178 valence electrons. The summed E-state index contributed by atoms with van der Waals surface area (Å²) in [5.74, 6) is 6.20. The Hall–Kier alpha value is -4.15. The lowest BCUT2D eigenvalue weighted by atomic mass is 10.0. The smallest absolute Gasteiger partial charge is 0.270 e. The topological polar surface area (TPSA) is 91.8 Å². The summed E-state index contributed by atoms with van der Waals surface area (Å²) < 4.78 is 5.79. The van der Waals surface area contributed by atoms with Crippen LogP contribution in [0.5, 0.6) is 11.5 Å². The van der Waals surface area contributed by atoms with Crippen LogP contribution in [-0.2, 0) is 11.2 Å². The van der Waals surface area contributed by atoms with Gasteiger partial charge in [0.1, 0.15) is 28.8 Å². The maximum atomic E-state index is 13.2. The molecule has 0 fully saturated rings. The molecule has 1 aliphatic rings. The van der Waals surface area contributed by atoms with E-state index in [4.69, 9.17) is 4.74 Å². The van der Waals surface area contributed by atoms with Crippen molar-refractivity contribution in [3.63, 3.8) is 0 Å². The molecule has 0 saturated heterocycles. The average molecular weight is 470 g/mol. The van der Waals surface area contributed by atoms with Crippen LogP contribution < -0.4 is 15.0 Å². The molecular weight excluding hydrogens is 442 g/mol. The number of likely N-dealkylation sites (N-methyl/N-ethyl adjacent to an activating group) is 1. The zero-order valence-corrected chi connectivity index (χ0v) is 19.9. The Labute approximate surface area is 204 Å². The summed E-state index contributed by atoms with van der Waals surface area (Å²) in [6, 6.07) is 17.4. The molecule has 0 saturated carbocycles.